The van der Waals surface area contributed by atoms with Crippen LogP contribution in [0.3, 0.4) is 0 Å². The highest BCUT2D eigenvalue weighted by Crippen LogP contribution is 2.26. The molecule has 2 N–H and O–H groups in total. The van der Waals surface area contributed by atoms with E-state index in [1.807, 2.05) is 25.1 Å². The maximum Gasteiger partial charge on any atom is 0.250 e. The van der Waals surface area contributed by atoms with Gasteiger partial charge in [0.1, 0.15) is 0 Å². The highest BCUT2D eigenvalue weighted by molar-refractivity contribution is 5.95. The molecule has 0 aliphatic heterocycles. The van der Waals surface area contributed by atoms with Gasteiger partial charge in [0.15, 0.2) is 0 Å². The van der Waals surface area contributed by atoms with Gasteiger partial charge in [0, 0.05) is 17.9 Å². The lowest BCUT2D eigenvalue weighted by Gasteiger charge is -2.10. The Morgan fingerprint density at radius 2 is 2.00 bits per heavy atom. The summed E-state index contributed by atoms with van der Waals surface area (Å²) in [6, 6.07) is 11.3. The highest BCUT2D eigenvalue weighted by atomic mass is 16.1. The minimum atomic E-state index is -0.410. The molecule has 0 aliphatic rings. The molecule has 1 heterocycles. The maximum absolute atomic E-state index is 11.5. The van der Waals surface area contributed by atoms with Crippen LogP contribution in [-0.4, -0.2) is 10.5 Å². The molecule has 0 spiro atoms. The van der Waals surface area contributed by atoms with Gasteiger partial charge < -0.3 is 10.3 Å². The number of nitrogens with two attached hydrogens (primary N) is 1. The average molecular weight is 267 g/mol. The Morgan fingerprint density at radius 1 is 1.35 bits per heavy atom. The lowest BCUT2D eigenvalue weighted by molar-refractivity contribution is 0.0999. The Labute approximate surface area is 118 Å². The summed E-state index contributed by atoms with van der Waals surface area (Å²) in [5.41, 5.74) is 9.42. The van der Waals surface area contributed by atoms with Crippen LogP contribution in [0.25, 0.3) is 11.3 Å². The van der Waals surface area contributed by atoms with E-state index in [4.69, 9.17) is 11.0 Å². The van der Waals surface area contributed by atoms with Crippen LogP contribution >= 0.6 is 0 Å². The molecule has 102 valence electrons. The molecule has 20 heavy (non-hydrogen) atoms. The fraction of sp³-hybridized carbons (Fsp3) is 0.250. The smallest absolute Gasteiger partial charge is 0.250 e. The zero-order valence-corrected chi connectivity index (χ0v) is 11.7. The Morgan fingerprint density at radius 3 is 2.50 bits per heavy atom. The van der Waals surface area contributed by atoms with E-state index in [1.165, 1.54) is 0 Å². The molecule has 0 atom stereocenters. The summed E-state index contributed by atoms with van der Waals surface area (Å²) < 4.78 is 2.10. The Balaban J connectivity index is 2.56. The van der Waals surface area contributed by atoms with Crippen LogP contribution in [0.1, 0.15) is 35.0 Å². The first-order valence-electron chi connectivity index (χ1n) is 6.59. The summed E-state index contributed by atoms with van der Waals surface area (Å²) in [6.07, 6.45) is 0.969. The maximum atomic E-state index is 11.5. The van der Waals surface area contributed by atoms with Gasteiger partial charge in [-0.3, -0.25) is 4.79 Å². The van der Waals surface area contributed by atoms with E-state index < -0.39 is 5.91 Å². The molecule has 1 amide bonds. The average Bonchev–Trinajstić information content (AvgIpc) is 2.77. The first-order valence-corrected chi connectivity index (χ1v) is 6.59. The van der Waals surface area contributed by atoms with Gasteiger partial charge in [0.05, 0.1) is 17.2 Å². The second-order valence-electron chi connectivity index (χ2n) is 4.73. The largest absolute Gasteiger partial charge is 0.366 e. The summed E-state index contributed by atoms with van der Waals surface area (Å²) in [7, 11) is 0. The van der Waals surface area contributed by atoms with E-state index in [0.29, 0.717) is 11.1 Å². The van der Waals surface area contributed by atoms with Crippen molar-refractivity contribution in [1.29, 1.82) is 5.26 Å². The zero-order valence-electron chi connectivity index (χ0n) is 11.7. The van der Waals surface area contributed by atoms with E-state index in [1.54, 1.807) is 12.1 Å². The second-order valence-corrected chi connectivity index (χ2v) is 4.73. The predicted octanol–water partition coefficient (Wildman–Crippen LogP) is 2.84. The van der Waals surface area contributed by atoms with E-state index in [2.05, 4.69) is 17.6 Å². The van der Waals surface area contributed by atoms with Crippen molar-refractivity contribution >= 4 is 5.91 Å². The molecule has 0 aliphatic carbocycles. The summed E-state index contributed by atoms with van der Waals surface area (Å²) in [4.78, 5) is 11.5. The van der Waals surface area contributed by atoms with E-state index in [0.717, 1.165) is 29.9 Å². The van der Waals surface area contributed by atoms with Crippen molar-refractivity contribution in [2.24, 2.45) is 5.73 Å². The van der Waals surface area contributed by atoms with Crippen LogP contribution in [0.5, 0.6) is 0 Å². The fourth-order valence-corrected chi connectivity index (χ4v) is 2.36. The summed E-state index contributed by atoms with van der Waals surface area (Å²) in [5, 5.41) is 8.84. The minimum Gasteiger partial charge on any atom is -0.366 e. The first kappa shape index (κ1) is 13.9. The van der Waals surface area contributed by atoms with E-state index in [-0.39, 0.29) is 0 Å². The van der Waals surface area contributed by atoms with Gasteiger partial charge in [-0.2, -0.15) is 5.26 Å². The third-order valence-corrected chi connectivity index (χ3v) is 3.39. The Hall–Kier alpha value is -2.54. The molecule has 0 bridgehead atoms. The topological polar surface area (TPSA) is 71.8 Å². The third kappa shape index (κ3) is 2.43. The van der Waals surface area contributed by atoms with Gasteiger partial charge in [-0.05, 0) is 37.1 Å². The normalized spacial score (nSPS) is 10.2. The number of aromatic nitrogens is 1. The van der Waals surface area contributed by atoms with Crippen LogP contribution in [0.4, 0.5) is 0 Å². The van der Waals surface area contributed by atoms with Gasteiger partial charge in [-0.25, -0.2) is 0 Å². The van der Waals surface area contributed by atoms with Crippen molar-refractivity contribution in [1.82, 2.24) is 4.57 Å². The summed E-state index contributed by atoms with van der Waals surface area (Å²) in [6.45, 7) is 4.82. The number of primary amides is 1. The van der Waals surface area contributed by atoms with Crippen molar-refractivity contribution < 1.29 is 4.79 Å². The van der Waals surface area contributed by atoms with Gasteiger partial charge in [-0.1, -0.05) is 19.1 Å². The van der Waals surface area contributed by atoms with Crippen molar-refractivity contribution in [3.8, 4) is 17.3 Å². The molecular formula is C16H17N3O. The number of nitriles is 1. The van der Waals surface area contributed by atoms with E-state index >= 15 is 0 Å². The number of carbonyl (C=O) groups is 1. The molecule has 0 radical (unpaired) electrons. The molecule has 4 nitrogen and oxygen atoms in total. The van der Waals surface area contributed by atoms with Gasteiger partial charge in [-0.15, -0.1) is 0 Å². The van der Waals surface area contributed by atoms with Crippen LogP contribution in [0.15, 0.2) is 30.3 Å². The number of hydrogen-bond donors (Lipinski definition) is 1. The van der Waals surface area contributed by atoms with Crippen LogP contribution in [0.2, 0.25) is 0 Å². The quantitative estimate of drug-likeness (QED) is 0.925. The monoisotopic (exact) mass is 267 g/mol. The molecule has 0 unspecified atom stereocenters. The molecule has 1 aromatic carbocycles. The standard InChI is InChI=1S/C16H17N3O/c1-3-8-19-11(2)14(16(18)20)9-15(19)13-6-4-12(10-17)5-7-13/h4-7,9H,3,8H2,1-2H3,(H2,18,20). The van der Waals surface area contributed by atoms with E-state index in [9.17, 15) is 4.79 Å². The SMILES string of the molecule is CCCn1c(-c2ccc(C#N)cc2)cc(C(N)=O)c1C. The molecule has 4 heteroatoms. The minimum absolute atomic E-state index is 0.410. The fourth-order valence-electron chi connectivity index (χ4n) is 2.36. The van der Waals surface area contributed by atoms with Gasteiger partial charge in [0.25, 0.3) is 5.91 Å². The van der Waals surface area contributed by atoms with Crippen LogP contribution in [0, 0.1) is 18.3 Å². The molecule has 2 aromatic rings. The number of carbonyl (C=O) groups excluding carboxylic acids is 1. The van der Waals surface area contributed by atoms with Crippen molar-refractivity contribution in [2.75, 3.05) is 0 Å². The third-order valence-electron chi connectivity index (χ3n) is 3.39. The lowest BCUT2D eigenvalue weighted by atomic mass is 10.1. The number of hydrogen-bond acceptors (Lipinski definition) is 2. The highest BCUT2D eigenvalue weighted by Gasteiger charge is 2.16. The molecule has 0 fully saturated rings. The zero-order chi connectivity index (χ0) is 14.7. The van der Waals surface area contributed by atoms with Gasteiger partial charge >= 0.3 is 0 Å². The second kappa shape index (κ2) is 5.62. The first-order chi connectivity index (χ1) is 9.58. The molecular weight excluding hydrogens is 250 g/mol. The van der Waals surface area contributed by atoms with Crippen molar-refractivity contribution in [3.05, 3.63) is 47.2 Å². The number of benzene rings is 1. The summed E-state index contributed by atoms with van der Waals surface area (Å²) in [5.74, 6) is -0.410. The Kier molecular flexibility index (Phi) is 3.90. The molecule has 0 saturated carbocycles. The predicted molar refractivity (Wildman–Crippen MR) is 78.1 cm³/mol. The van der Waals surface area contributed by atoms with Crippen LogP contribution < -0.4 is 5.73 Å². The molecule has 2 rings (SSSR count). The van der Waals surface area contributed by atoms with Crippen molar-refractivity contribution in [2.45, 2.75) is 26.8 Å². The van der Waals surface area contributed by atoms with Crippen LogP contribution in [-0.2, 0) is 6.54 Å². The van der Waals surface area contributed by atoms with Gasteiger partial charge in [0.2, 0.25) is 0 Å². The Bertz CT molecular complexity index is 675. The number of amides is 1. The molecule has 1 aromatic heterocycles. The summed E-state index contributed by atoms with van der Waals surface area (Å²) >= 11 is 0. The lowest BCUT2D eigenvalue weighted by Crippen LogP contribution is -2.12. The van der Waals surface area contributed by atoms with Crippen molar-refractivity contribution in [3.63, 3.8) is 0 Å². The number of nitrogens with zero attached hydrogens (tertiary/aromatic N) is 2. The number of rotatable bonds is 4. The molecule has 0 saturated heterocycles.